The lowest BCUT2D eigenvalue weighted by Crippen LogP contribution is -2.45. The molecule has 0 atom stereocenters. The van der Waals surface area contributed by atoms with Gasteiger partial charge in [-0.25, -0.2) is 9.93 Å². The molecule has 0 radical (unpaired) electrons. The largest absolute Gasteiger partial charge is 0.481 e. The molecular weight excluding hydrogens is 404 g/mol. The molecule has 1 heterocycles. The van der Waals surface area contributed by atoms with Crippen LogP contribution in [0.3, 0.4) is 0 Å². The van der Waals surface area contributed by atoms with Crippen LogP contribution in [0.4, 0.5) is 16.4 Å². The molecule has 1 aromatic carbocycles. The topological polar surface area (TPSA) is 166 Å². The normalized spacial score (nSPS) is 10.8. The molecule has 4 N–H and O–H groups in total. The average molecular weight is 424 g/mol. The van der Waals surface area contributed by atoms with Gasteiger partial charge in [0.05, 0.1) is 31.5 Å². The lowest BCUT2D eigenvalue weighted by Gasteiger charge is -2.22. The van der Waals surface area contributed by atoms with Crippen molar-refractivity contribution in [2.24, 2.45) is 5.14 Å². The minimum absolute atomic E-state index is 0.0667. The molecule has 2 aromatic rings. The van der Waals surface area contributed by atoms with Gasteiger partial charge < -0.3 is 14.8 Å². The van der Waals surface area contributed by atoms with Crippen LogP contribution in [0.15, 0.2) is 30.3 Å². The van der Waals surface area contributed by atoms with E-state index in [9.17, 15) is 18.0 Å². The smallest absolute Gasteiger partial charge is 0.343 e. The predicted octanol–water partition coefficient (Wildman–Crippen LogP) is 0.486. The molecule has 0 aliphatic carbocycles. The van der Waals surface area contributed by atoms with Crippen molar-refractivity contribution in [1.29, 1.82) is 0 Å². The van der Waals surface area contributed by atoms with E-state index in [0.29, 0.717) is 6.54 Å². The van der Waals surface area contributed by atoms with E-state index in [-0.39, 0.29) is 33.3 Å². The number of rotatable bonds is 7. The van der Waals surface area contributed by atoms with Gasteiger partial charge >= 0.3 is 16.2 Å². The Kier molecular flexibility index (Phi) is 6.90. The summed E-state index contributed by atoms with van der Waals surface area (Å²) >= 11 is 0. The van der Waals surface area contributed by atoms with E-state index < -0.39 is 22.1 Å². The van der Waals surface area contributed by atoms with E-state index in [1.165, 1.54) is 44.6 Å². The van der Waals surface area contributed by atoms with Crippen molar-refractivity contribution in [3.63, 3.8) is 0 Å². The van der Waals surface area contributed by atoms with Gasteiger partial charge in [-0.3, -0.25) is 10.1 Å². The van der Waals surface area contributed by atoms with E-state index in [0.717, 1.165) is 0 Å². The summed E-state index contributed by atoms with van der Waals surface area (Å²) in [7, 11) is -1.94. The van der Waals surface area contributed by atoms with Crippen LogP contribution in [-0.4, -0.2) is 51.1 Å². The number of nitrogens with zero attached hydrogens (tertiary/aromatic N) is 3. The Labute approximate surface area is 167 Å². The molecule has 0 saturated heterocycles. The molecule has 13 heteroatoms. The van der Waals surface area contributed by atoms with Crippen LogP contribution in [0.5, 0.6) is 11.8 Å². The number of anilines is 2. The summed E-state index contributed by atoms with van der Waals surface area (Å²) in [5.74, 6) is -0.742. The van der Waals surface area contributed by atoms with Gasteiger partial charge in [-0.2, -0.15) is 22.7 Å². The number of carbonyl (C=O) groups is 2. The molecule has 156 valence electrons. The minimum Gasteiger partial charge on any atom is -0.481 e. The fourth-order valence-electron chi connectivity index (χ4n) is 2.28. The average Bonchev–Trinajstić information content (AvgIpc) is 2.67. The van der Waals surface area contributed by atoms with Gasteiger partial charge in [-0.05, 0) is 19.1 Å². The van der Waals surface area contributed by atoms with Crippen LogP contribution in [0.2, 0.25) is 0 Å². The maximum atomic E-state index is 12.8. The second kappa shape index (κ2) is 9.16. The fourth-order valence-corrected chi connectivity index (χ4v) is 2.99. The number of hydrogen-bond donors (Lipinski definition) is 3. The molecule has 12 nitrogen and oxygen atoms in total. The number of amides is 3. The van der Waals surface area contributed by atoms with E-state index >= 15 is 0 Å². The quantitative estimate of drug-likeness (QED) is 0.577. The number of aromatic nitrogens is 2. The van der Waals surface area contributed by atoms with Crippen molar-refractivity contribution in [1.82, 2.24) is 15.3 Å². The lowest BCUT2D eigenvalue weighted by atomic mass is 10.1. The SMILES string of the molecule is CCNC(=O)c1ccccc1N(C(=O)Nc1nc(OC)cc(OC)n1)S(N)(=O)=O. The number of para-hydroxylation sites is 1. The van der Waals surface area contributed by atoms with Gasteiger partial charge in [0.2, 0.25) is 17.7 Å². The number of urea groups is 1. The van der Waals surface area contributed by atoms with Crippen LogP contribution in [0.1, 0.15) is 17.3 Å². The highest BCUT2D eigenvalue weighted by Gasteiger charge is 2.30. The zero-order valence-corrected chi connectivity index (χ0v) is 16.7. The van der Waals surface area contributed by atoms with Crippen LogP contribution in [0.25, 0.3) is 0 Å². The molecule has 3 amide bonds. The van der Waals surface area contributed by atoms with Gasteiger partial charge in [0, 0.05) is 6.54 Å². The number of nitrogens with one attached hydrogen (secondary N) is 2. The summed E-state index contributed by atoms with van der Waals surface area (Å²) < 4.78 is 34.5. The number of benzene rings is 1. The lowest BCUT2D eigenvalue weighted by molar-refractivity contribution is 0.0956. The molecule has 0 bridgehead atoms. The third kappa shape index (κ3) is 5.30. The third-order valence-electron chi connectivity index (χ3n) is 3.46. The van der Waals surface area contributed by atoms with Crippen molar-refractivity contribution in [2.45, 2.75) is 6.92 Å². The number of ether oxygens (including phenoxy) is 2. The van der Waals surface area contributed by atoms with Crippen LogP contribution < -0.4 is 29.6 Å². The number of carbonyl (C=O) groups excluding carboxylic acids is 2. The van der Waals surface area contributed by atoms with Crippen molar-refractivity contribution in [2.75, 3.05) is 30.4 Å². The van der Waals surface area contributed by atoms with E-state index in [1.807, 2.05) is 0 Å². The highest BCUT2D eigenvalue weighted by atomic mass is 32.2. The predicted molar refractivity (Wildman–Crippen MR) is 104 cm³/mol. The Hall–Kier alpha value is -3.45. The summed E-state index contributed by atoms with van der Waals surface area (Å²) in [6, 6.07) is 5.74. The van der Waals surface area contributed by atoms with Crippen LogP contribution in [-0.2, 0) is 10.2 Å². The molecule has 0 aliphatic rings. The summed E-state index contributed by atoms with van der Waals surface area (Å²) in [5.41, 5.74) is -0.309. The maximum absolute atomic E-state index is 12.8. The zero-order chi connectivity index (χ0) is 21.6. The Morgan fingerprint density at radius 1 is 1.14 bits per heavy atom. The first-order chi connectivity index (χ1) is 13.7. The molecule has 1 aromatic heterocycles. The second-order valence-corrected chi connectivity index (χ2v) is 6.79. The molecule has 0 fully saturated rings. The monoisotopic (exact) mass is 424 g/mol. The third-order valence-corrected chi connectivity index (χ3v) is 4.33. The van der Waals surface area contributed by atoms with Gasteiger partial charge in [-0.1, -0.05) is 12.1 Å². The van der Waals surface area contributed by atoms with Gasteiger partial charge in [0.1, 0.15) is 0 Å². The van der Waals surface area contributed by atoms with Gasteiger partial charge in [0.15, 0.2) is 0 Å². The van der Waals surface area contributed by atoms with Gasteiger partial charge in [0.25, 0.3) is 5.91 Å². The molecular formula is C16H20N6O6S. The Balaban J connectivity index is 2.48. The first-order valence-corrected chi connectivity index (χ1v) is 9.69. The van der Waals surface area contributed by atoms with E-state index in [4.69, 9.17) is 14.6 Å². The molecule has 0 aliphatic heterocycles. The van der Waals surface area contributed by atoms with Crippen molar-refractivity contribution >= 4 is 33.8 Å². The fraction of sp³-hybridized carbons (Fsp3) is 0.250. The molecule has 0 unspecified atom stereocenters. The first kappa shape index (κ1) is 21.8. The minimum atomic E-state index is -4.62. The number of hydrogen-bond acceptors (Lipinski definition) is 8. The Morgan fingerprint density at radius 3 is 2.24 bits per heavy atom. The standard InChI is InChI=1S/C16H20N6O6S/c1-4-18-14(23)10-7-5-6-8-11(10)22(29(17,25)26)16(24)21-15-19-12(27-2)9-13(20-15)28-3/h5-9H,4H2,1-3H3,(H,18,23)(H2,17,25,26)(H,19,20,21,24). The number of methoxy groups -OCH3 is 2. The summed E-state index contributed by atoms with van der Waals surface area (Å²) in [6.45, 7) is 1.99. The van der Waals surface area contributed by atoms with Crippen LogP contribution in [0, 0.1) is 0 Å². The molecule has 29 heavy (non-hydrogen) atoms. The van der Waals surface area contributed by atoms with Gasteiger partial charge in [-0.15, -0.1) is 0 Å². The summed E-state index contributed by atoms with van der Waals surface area (Å²) in [5, 5.41) is 9.98. The van der Waals surface area contributed by atoms with E-state index in [1.54, 1.807) is 6.92 Å². The van der Waals surface area contributed by atoms with E-state index in [2.05, 4.69) is 20.6 Å². The zero-order valence-electron chi connectivity index (χ0n) is 15.9. The highest BCUT2D eigenvalue weighted by molar-refractivity contribution is 7.91. The van der Waals surface area contributed by atoms with Crippen molar-refractivity contribution in [3.05, 3.63) is 35.9 Å². The molecule has 0 spiro atoms. The first-order valence-electron chi connectivity index (χ1n) is 8.19. The summed E-state index contributed by atoms with van der Waals surface area (Å²) in [4.78, 5) is 32.8. The second-order valence-electron chi connectivity index (χ2n) is 5.39. The maximum Gasteiger partial charge on any atom is 0.343 e. The Morgan fingerprint density at radius 2 is 1.72 bits per heavy atom. The van der Waals surface area contributed by atoms with Crippen LogP contribution >= 0.6 is 0 Å². The molecule has 0 saturated carbocycles. The molecule has 2 rings (SSSR count). The number of nitrogens with two attached hydrogens (primary N) is 1. The summed E-state index contributed by atoms with van der Waals surface area (Å²) in [6.07, 6.45) is 0. The van der Waals surface area contributed by atoms with Crippen molar-refractivity contribution < 1.29 is 27.5 Å². The Bertz CT molecular complexity index is 990. The highest BCUT2D eigenvalue weighted by Crippen LogP contribution is 2.24. The van der Waals surface area contributed by atoms with Crippen molar-refractivity contribution in [3.8, 4) is 11.8 Å².